The summed E-state index contributed by atoms with van der Waals surface area (Å²) in [5.74, 6) is 0. The van der Waals surface area contributed by atoms with Crippen LogP contribution in [0.2, 0.25) is 0 Å². The Morgan fingerprint density at radius 1 is 0.296 bits per heavy atom. The van der Waals surface area contributed by atoms with Gasteiger partial charge in [-0.05, 0) is 116 Å². The van der Waals surface area contributed by atoms with E-state index in [-0.39, 0.29) is 10.8 Å². The summed E-state index contributed by atoms with van der Waals surface area (Å²) in [6, 6.07) is 63.9. The van der Waals surface area contributed by atoms with E-state index >= 15 is 0 Å². The molecule has 0 aromatic heterocycles. The molecule has 0 spiro atoms. The van der Waals surface area contributed by atoms with Crippen LogP contribution >= 0.6 is 0 Å². The molecule has 11 rings (SSSR count). The van der Waals surface area contributed by atoms with Crippen LogP contribution in [0.15, 0.2) is 170 Å². The molecule has 0 unspecified atom stereocenters. The fourth-order valence-corrected chi connectivity index (χ4v) is 10.3. The summed E-state index contributed by atoms with van der Waals surface area (Å²) < 4.78 is 0. The molecule has 0 heterocycles. The Morgan fingerprint density at radius 2 is 0.796 bits per heavy atom. The van der Waals surface area contributed by atoms with Crippen LogP contribution < -0.4 is 0 Å². The minimum absolute atomic E-state index is 0.0558. The average molecular weight is 689 g/mol. The van der Waals surface area contributed by atoms with Crippen molar-refractivity contribution in [3.8, 4) is 55.6 Å². The van der Waals surface area contributed by atoms with Gasteiger partial charge < -0.3 is 0 Å². The number of hydrogen-bond acceptors (Lipinski definition) is 0. The third kappa shape index (κ3) is 4.20. The lowest BCUT2D eigenvalue weighted by molar-refractivity contribution is 0.660. The van der Waals surface area contributed by atoms with Crippen molar-refractivity contribution in [2.24, 2.45) is 0 Å². The molecule has 0 radical (unpaired) electrons. The molecule has 0 bridgehead atoms. The average Bonchev–Trinajstić information content (AvgIpc) is 3.59. The van der Waals surface area contributed by atoms with Gasteiger partial charge in [0.2, 0.25) is 0 Å². The van der Waals surface area contributed by atoms with E-state index in [4.69, 9.17) is 0 Å². The second kappa shape index (κ2) is 11.1. The Kier molecular flexibility index (Phi) is 6.46. The van der Waals surface area contributed by atoms with Crippen LogP contribution in [0.5, 0.6) is 0 Å². The van der Waals surface area contributed by atoms with E-state index in [0.29, 0.717) is 0 Å². The second-order valence-electron chi connectivity index (χ2n) is 16.4. The lowest BCUT2D eigenvalue weighted by atomic mass is 9.80. The quantitative estimate of drug-likeness (QED) is 0.162. The van der Waals surface area contributed by atoms with Gasteiger partial charge in [0.1, 0.15) is 0 Å². The molecule has 0 saturated heterocycles. The van der Waals surface area contributed by atoms with Crippen molar-refractivity contribution in [2.75, 3.05) is 0 Å². The molecule has 9 aromatic rings. The first-order valence-corrected chi connectivity index (χ1v) is 19.3. The summed E-state index contributed by atoms with van der Waals surface area (Å²) in [6.07, 6.45) is 0. The third-order valence-corrected chi connectivity index (χ3v) is 12.8. The van der Waals surface area contributed by atoms with E-state index in [1.54, 1.807) is 0 Å². The summed E-state index contributed by atoms with van der Waals surface area (Å²) in [5.41, 5.74) is 18.6. The maximum absolute atomic E-state index is 2.47. The highest BCUT2D eigenvalue weighted by Gasteiger charge is 2.38. The van der Waals surface area contributed by atoms with Gasteiger partial charge in [-0.25, -0.2) is 0 Å². The van der Waals surface area contributed by atoms with Gasteiger partial charge in [0.25, 0.3) is 0 Å². The van der Waals surface area contributed by atoms with Gasteiger partial charge in [0, 0.05) is 10.8 Å². The van der Waals surface area contributed by atoms with E-state index in [0.717, 1.165) is 0 Å². The predicted molar refractivity (Wildman–Crippen MR) is 230 cm³/mol. The number of rotatable bonds is 3. The number of benzene rings is 9. The van der Waals surface area contributed by atoms with E-state index in [1.165, 1.54) is 110 Å². The number of fused-ring (bicyclic) bond motifs is 10. The van der Waals surface area contributed by atoms with Crippen LogP contribution in [0.1, 0.15) is 49.9 Å². The minimum atomic E-state index is -0.0837. The summed E-state index contributed by atoms with van der Waals surface area (Å²) in [5, 5.41) is 7.80. The minimum Gasteiger partial charge on any atom is -0.0619 e. The first kappa shape index (κ1) is 31.3. The SMILES string of the molecule is CC1(C)c2ccccc2-c2ccc(-c3c4ccccc4c(-c4ccc(-c5cccc6c5-c5ccc7ccccc7c5C6(C)C)cc4)c4ccccc34)cc21. The van der Waals surface area contributed by atoms with Crippen LogP contribution in [-0.4, -0.2) is 0 Å². The molecular weight excluding hydrogens is 649 g/mol. The molecule has 54 heavy (non-hydrogen) atoms. The van der Waals surface area contributed by atoms with E-state index in [1.807, 2.05) is 0 Å². The summed E-state index contributed by atoms with van der Waals surface area (Å²) in [7, 11) is 0. The predicted octanol–water partition coefficient (Wildman–Crippen LogP) is 14.8. The van der Waals surface area contributed by atoms with Crippen molar-refractivity contribution in [2.45, 2.75) is 38.5 Å². The topological polar surface area (TPSA) is 0 Å². The van der Waals surface area contributed by atoms with Crippen LogP contribution in [0.4, 0.5) is 0 Å². The molecular formula is C54H40. The highest BCUT2D eigenvalue weighted by molar-refractivity contribution is 6.21. The zero-order chi connectivity index (χ0) is 36.3. The Morgan fingerprint density at radius 3 is 1.50 bits per heavy atom. The molecule has 0 amide bonds. The number of hydrogen-bond donors (Lipinski definition) is 0. The molecule has 0 nitrogen and oxygen atoms in total. The summed E-state index contributed by atoms with van der Waals surface area (Å²) >= 11 is 0. The lowest BCUT2D eigenvalue weighted by Gasteiger charge is -2.23. The molecule has 0 saturated carbocycles. The van der Waals surface area contributed by atoms with Gasteiger partial charge in [-0.1, -0.05) is 191 Å². The highest BCUT2D eigenvalue weighted by atomic mass is 14.4. The Balaban J connectivity index is 1.07. The van der Waals surface area contributed by atoms with E-state index < -0.39 is 0 Å². The van der Waals surface area contributed by atoms with Crippen molar-refractivity contribution in [1.29, 1.82) is 0 Å². The first-order chi connectivity index (χ1) is 26.3. The monoisotopic (exact) mass is 688 g/mol. The molecule has 0 heteroatoms. The van der Waals surface area contributed by atoms with Gasteiger partial charge in [-0.2, -0.15) is 0 Å². The Hall–Kier alpha value is -6.24. The normalized spacial score (nSPS) is 14.6. The van der Waals surface area contributed by atoms with Crippen LogP contribution in [0.3, 0.4) is 0 Å². The highest BCUT2D eigenvalue weighted by Crippen LogP contribution is 2.55. The molecule has 2 aliphatic carbocycles. The fourth-order valence-electron chi connectivity index (χ4n) is 10.3. The van der Waals surface area contributed by atoms with Gasteiger partial charge >= 0.3 is 0 Å². The largest absolute Gasteiger partial charge is 0.0619 e. The molecule has 0 aliphatic heterocycles. The van der Waals surface area contributed by atoms with Crippen LogP contribution in [0, 0.1) is 0 Å². The summed E-state index contributed by atoms with van der Waals surface area (Å²) in [4.78, 5) is 0. The second-order valence-corrected chi connectivity index (χ2v) is 16.4. The standard InChI is InChI=1S/C54H40/c1-53(2)46-22-12-11-16-39(46)40-30-29-36(32-48(40)53)50-43-19-9-7-17-41(43)49(42-18-8-10-20-44(42)50)35-26-24-34(25-27-35)37-21-13-23-47-51(37)45-31-28-33-14-5-6-15-38(33)52(45)54(47,3)4/h5-32H,1-4H3. The molecule has 0 N–H and O–H groups in total. The van der Waals surface area contributed by atoms with Gasteiger partial charge in [-0.3, -0.25) is 0 Å². The van der Waals surface area contributed by atoms with E-state index in [2.05, 4.69) is 198 Å². The molecule has 0 fully saturated rings. The maximum atomic E-state index is 2.47. The third-order valence-electron chi connectivity index (χ3n) is 12.8. The molecule has 9 aromatic carbocycles. The van der Waals surface area contributed by atoms with Crippen molar-refractivity contribution in [3.63, 3.8) is 0 Å². The summed E-state index contributed by atoms with van der Waals surface area (Å²) in [6.45, 7) is 9.52. The van der Waals surface area contributed by atoms with Crippen LogP contribution in [-0.2, 0) is 10.8 Å². The Labute approximate surface area is 317 Å². The zero-order valence-electron chi connectivity index (χ0n) is 31.2. The maximum Gasteiger partial charge on any atom is 0.0165 e. The van der Waals surface area contributed by atoms with Crippen molar-refractivity contribution < 1.29 is 0 Å². The Bertz CT molecular complexity index is 2970. The first-order valence-electron chi connectivity index (χ1n) is 19.3. The van der Waals surface area contributed by atoms with Crippen molar-refractivity contribution in [1.82, 2.24) is 0 Å². The smallest absolute Gasteiger partial charge is 0.0165 e. The molecule has 256 valence electrons. The van der Waals surface area contributed by atoms with Crippen molar-refractivity contribution >= 4 is 32.3 Å². The van der Waals surface area contributed by atoms with E-state index in [9.17, 15) is 0 Å². The molecule has 2 aliphatic rings. The lowest BCUT2D eigenvalue weighted by Crippen LogP contribution is -2.15. The fraction of sp³-hybridized carbons (Fsp3) is 0.111. The van der Waals surface area contributed by atoms with Crippen LogP contribution in [0.25, 0.3) is 88.0 Å². The van der Waals surface area contributed by atoms with Gasteiger partial charge in [-0.15, -0.1) is 0 Å². The van der Waals surface area contributed by atoms with Gasteiger partial charge in [0.05, 0.1) is 0 Å². The van der Waals surface area contributed by atoms with Crippen molar-refractivity contribution in [3.05, 3.63) is 192 Å². The molecule has 0 atom stereocenters. The van der Waals surface area contributed by atoms with Gasteiger partial charge in [0.15, 0.2) is 0 Å². The zero-order valence-corrected chi connectivity index (χ0v) is 31.2.